The van der Waals surface area contributed by atoms with Crippen molar-refractivity contribution in [1.82, 2.24) is 5.32 Å². The first kappa shape index (κ1) is 22.8. The Bertz CT molecular complexity index is 1110. The van der Waals surface area contributed by atoms with E-state index in [9.17, 15) is 10.1 Å². The lowest BCUT2D eigenvalue weighted by atomic mass is 10.1. The summed E-state index contributed by atoms with van der Waals surface area (Å²) in [6.45, 7) is 0.814. The number of amides is 1. The third kappa shape index (κ3) is 6.81. The Hall–Kier alpha value is -2.88. The monoisotopic (exact) mass is 538 g/mol. The van der Waals surface area contributed by atoms with Crippen LogP contribution in [0.25, 0.3) is 6.08 Å². The van der Waals surface area contributed by atoms with Gasteiger partial charge in [0.15, 0.2) is 0 Å². The summed E-state index contributed by atoms with van der Waals surface area (Å²) < 4.78 is 7.55. The first-order valence-electron chi connectivity index (χ1n) is 9.66. The van der Waals surface area contributed by atoms with E-state index >= 15 is 0 Å². The van der Waals surface area contributed by atoms with E-state index in [4.69, 9.17) is 4.74 Å². The van der Waals surface area contributed by atoms with E-state index in [1.807, 2.05) is 78.9 Å². The molecule has 0 aliphatic rings. The minimum Gasteiger partial charge on any atom is -0.487 e. The van der Waals surface area contributed by atoms with Crippen molar-refractivity contribution in [3.63, 3.8) is 0 Å². The van der Waals surface area contributed by atoms with Gasteiger partial charge < -0.3 is 10.1 Å². The molecule has 0 aliphatic heterocycles. The third-order valence-corrected chi connectivity index (χ3v) is 5.52. The summed E-state index contributed by atoms with van der Waals surface area (Å²) in [6, 6.07) is 25.4. The Balaban J connectivity index is 1.75. The zero-order valence-corrected chi connectivity index (χ0v) is 19.8. The highest BCUT2D eigenvalue weighted by Gasteiger charge is 2.14. The minimum absolute atomic E-state index is 0.0163. The average molecular weight is 540 g/mol. The Kier molecular flexibility index (Phi) is 8.45. The number of hydrogen-bond acceptors (Lipinski definition) is 3. The average Bonchev–Trinajstić information content (AvgIpc) is 2.78. The quantitative estimate of drug-likeness (QED) is 0.279. The summed E-state index contributed by atoms with van der Waals surface area (Å²) in [7, 11) is 0. The van der Waals surface area contributed by atoms with Crippen molar-refractivity contribution in [2.75, 3.05) is 6.54 Å². The van der Waals surface area contributed by atoms with Gasteiger partial charge in [0.05, 0.1) is 4.47 Å². The first-order valence-corrected chi connectivity index (χ1v) is 11.2. The van der Waals surface area contributed by atoms with E-state index < -0.39 is 5.91 Å². The number of halogens is 2. The zero-order chi connectivity index (χ0) is 22.1. The molecule has 3 aromatic rings. The number of nitriles is 1. The van der Waals surface area contributed by atoms with Crippen molar-refractivity contribution >= 4 is 43.8 Å². The maximum atomic E-state index is 12.6. The Morgan fingerprint density at radius 3 is 2.29 bits per heavy atom. The van der Waals surface area contributed by atoms with Crippen molar-refractivity contribution in [1.29, 1.82) is 5.26 Å². The van der Waals surface area contributed by atoms with Gasteiger partial charge in [-0.05, 0) is 51.7 Å². The Labute approximate surface area is 198 Å². The maximum Gasteiger partial charge on any atom is 0.261 e. The van der Waals surface area contributed by atoms with Gasteiger partial charge in [-0.3, -0.25) is 4.79 Å². The summed E-state index contributed by atoms with van der Waals surface area (Å²) in [6.07, 6.45) is 2.24. The number of benzene rings is 3. The molecule has 0 saturated heterocycles. The summed E-state index contributed by atoms with van der Waals surface area (Å²) in [5, 5.41) is 12.4. The molecule has 0 fully saturated rings. The number of rotatable bonds is 8. The number of carbonyl (C=O) groups excluding carboxylic acids is 1. The fraction of sp³-hybridized carbons (Fsp3) is 0.120. The highest BCUT2D eigenvalue weighted by molar-refractivity contribution is 9.11. The predicted octanol–water partition coefficient (Wildman–Crippen LogP) is 6.06. The zero-order valence-electron chi connectivity index (χ0n) is 16.6. The molecule has 0 aliphatic carbocycles. The fourth-order valence-electron chi connectivity index (χ4n) is 2.93. The molecule has 0 unspecified atom stereocenters. The van der Waals surface area contributed by atoms with Gasteiger partial charge in [-0.15, -0.1) is 0 Å². The van der Waals surface area contributed by atoms with Gasteiger partial charge in [-0.1, -0.05) is 76.6 Å². The molecule has 4 nitrogen and oxygen atoms in total. The van der Waals surface area contributed by atoms with E-state index in [2.05, 4.69) is 37.2 Å². The topological polar surface area (TPSA) is 62.1 Å². The van der Waals surface area contributed by atoms with Crippen LogP contribution in [-0.2, 0) is 17.8 Å². The second-order valence-corrected chi connectivity index (χ2v) is 8.51. The summed E-state index contributed by atoms with van der Waals surface area (Å²) in [5.41, 5.74) is 2.79. The van der Waals surface area contributed by atoms with Gasteiger partial charge in [-0.2, -0.15) is 5.26 Å². The van der Waals surface area contributed by atoms with Crippen molar-refractivity contribution in [2.24, 2.45) is 0 Å². The van der Waals surface area contributed by atoms with Crippen molar-refractivity contribution < 1.29 is 9.53 Å². The number of hydrogen-bond donors (Lipinski definition) is 1. The Morgan fingerprint density at radius 1 is 1.00 bits per heavy atom. The lowest BCUT2D eigenvalue weighted by Gasteiger charge is -2.13. The van der Waals surface area contributed by atoms with Crippen LogP contribution >= 0.6 is 31.9 Å². The highest BCUT2D eigenvalue weighted by atomic mass is 79.9. The molecule has 0 bridgehead atoms. The van der Waals surface area contributed by atoms with Crippen LogP contribution in [0.2, 0.25) is 0 Å². The van der Waals surface area contributed by atoms with E-state index in [0.717, 1.165) is 20.1 Å². The number of nitrogens with one attached hydrogen (secondary N) is 1. The molecule has 31 heavy (non-hydrogen) atoms. The summed E-state index contributed by atoms with van der Waals surface area (Å²) in [4.78, 5) is 12.6. The molecule has 156 valence electrons. The maximum absolute atomic E-state index is 12.6. The number of carbonyl (C=O) groups is 1. The molecule has 1 N–H and O–H groups in total. The second-order valence-electron chi connectivity index (χ2n) is 6.74. The molecule has 3 rings (SSSR count). The predicted molar refractivity (Wildman–Crippen MR) is 129 cm³/mol. The van der Waals surface area contributed by atoms with E-state index in [0.29, 0.717) is 30.9 Å². The molecule has 3 aromatic carbocycles. The van der Waals surface area contributed by atoms with E-state index in [-0.39, 0.29) is 5.57 Å². The fourth-order valence-corrected chi connectivity index (χ4v) is 4.31. The van der Waals surface area contributed by atoms with Gasteiger partial charge in [0.1, 0.15) is 24.0 Å². The van der Waals surface area contributed by atoms with Crippen LogP contribution in [0.15, 0.2) is 87.3 Å². The molecule has 0 heterocycles. The molecular formula is C25H20Br2N2O2. The first-order chi connectivity index (χ1) is 15.1. The molecule has 0 atom stereocenters. The van der Waals surface area contributed by atoms with Crippen molar-refractivity contribution in [2.45, 2.75) is 13.0 Å². The Morgan fingerprint density at radius 2 is 1.65 bits per heavy atom. The van der Waals surface area contributed by atoms with Crippen molar-refractivity contribution in [3.05, 3.63) is 104 Å². The normalized spacial score (nSPS) is 10.9. The summed E-state index contributed by atoms with van der Waals surface area (Å²) in [5.74, 6) is 0.153. The molecular weight excluding hydrogens is 520 g/mol. The van der Waals surface area contributed by atoms with Gasteiger partial charge in [-0.25, -0.2) is 0 Å². The lowest BCUT2D eigenvalue weighted by molar-refractivity contribution is -0.117. The largest absolute Gasteiger partial charge is 0.487 e. The van der Waals surface area contributed by atoms with Crippen LogP contribution < -0.4 is 10.1 Å². The standard InChI is InChI=1S/C25H20Br2N2O2/c26-22-14-20(24(23(27)15-22)31-17-19-9-5-2-6-10-19)13-21(16-28)25(30)29-12-11-18-7-3-1-4-8-18/h1-10,13-15H,11-12,17H2,(H,29,30)/b21-13+. The lowest BCUT2D eigenvalue weighted by Crippen LogP contribution is -2.26. The summed E-state index contributed by atoms with van der Waals surface area (Å²) >= 11 is 6.98. The second kappa shape index (κ2) is 11.5. The number of ether oxygens (including phenoxy) is 1. The molecule has 0 spiro atoms. The number of nitrogens with zero attached hydrogens (tertiary/aromatic N) is 1. The van der Waals surface area contributed by atoms with Gasteiger partial charge in [0.2, 0.25) is 0 Å². The van der Waals surface area contributed by atoms with Crippen LogP contribution in [0.4, 0.5) is 0 Å². The van der Waals surface area contributed by atoms with Crippen LogP contribution in [0, 0.1) is 11.3 Å². The van der Waals surface area contributed by atoms with Crippen molar-refractivity contribution in [3.8, 4) is 11.8 Å². The molecule has 0 aromatic heterocycles. The van der Waals surface area contributed by atoms with Gasteiger partial charge in [0.25, 0.3) is 5.91 Å². The van der Waals surface area contributed by atoms with Crippen LogP contribution in [0.5, 0.6) is 5.75 Å². The van der Waals surface area contributed by atoms with Crippen LogP contribution in [0.1, 0.15) is 16.7 Å². The third-order valence-electron chi connectivity index (χ3n) is 4.47. The van der Waals surface area contributed by atoms with E-state index in [1.54, 1.807) is 6.08 Å². The van der Waals surface area contributed by atoms with Gasteiger partial charge >= 0.3 is 0 Å². The highest BCUT2D eigenvalue weighted by Crippen LogP contribution is 2.35. The van der Waals surface area contributed by atoms with Crippen LogP contribution in [0.3, 0.4) is 0 Å². The van der Waals surface area contributed by atoms with E-state index in [1.165, 1.54) is 0 Å². The minimum atomic E-state index is -0.413. The van der Waals surface area contributed by atoms with Crippen LogP contribution in [-0.4, -0.2) is 12.5 Å². The SMILES string of the molecule is N#C/C(=C\c1cc(Br)cc(Br)c1OCc1ccccc1)C(=O)NCCc1ccccc1. The molecule has 0 radical (unpaired) electrons. The molecule has 1 amide bonds. The molecule has 6 heteroatoms. The smallest absolute Gasteiger partial charge is 0.261 e. The molecule has 0 saturated carbocycles. The van der Waals surface area contributed by atoms with Gasteiger partial charge in [0, 0.05) is 16.6 Å².